The molecule has 2 N–H and O–H groups in total. The highest BCUT2D eigenvalue weighted by atomic mass is 32.2. The number of hydrogen-bond donors (Lipinski definition) is 2. The van der Waals surface area contributed by atoms with Gasteiger partial charge in [-0.1, -0.05) is 6.07 Å². The van der Waals surface area contributed by atoms with Crippen molar-refractivity contribution < 1.29 is 13.2 Å². The van der Waals surface area contributed by atoms with Crippen LogP contribution < -0.4 is 10.0 Å². The Morgan fingerprint density at radius 2 is 2.11 bits per heavy atom. The monoisotopic (exact) mass is 283 g/mol. The lowest BCUT2D eigenvalue weighted by Gasteiger charge is -2.07. The summed E-state index contributed by atoms with van der Waals surface area (Å²) in [6, 6.07) is 7.83. The molecule has 0 heterocycles. The van der Waals surface area contributed by atoms with E-state index >= 15 is 0 Å². The van der Waals surface area contributed by atoms with Gasteiger partial charge in [-0.25, -0.2) is 13.1 Å². The van der Waals surface area contributed by atoms with E-state index in [1.54, 1.807) is 19.2 Å². The van der Waals surface area contributed by atoms with Crippen molar-refractivity contribution in [1.29, 1.82) is 5.26 Å². The normalized spacial score (nSPS) is 11.2. The van der Waals surface area contributed by atoms with Crippen LogP contribution in [0.5, 0.6) is 0 Å². The minimum absolute atomic E-state index is 0.100. The molecule has 7 heteroatoms. The largest absolute Gasteiger partial charge is 0.383 e. The Balaban J connectivity index is 2.49. The molecule has 0 atom stereocenters. The van der Waals surface area contributed by atoms with Crippen molar-refractivity contribution >= 4 is 10.0 Å². The quantitative estimate of drug-likeness (QED) is 0.659. The van der Waals surface area contributed by atoms with Gasteiger partial charge in [-0.3, -0.25) is 0 Å². The van der Waals surface area contributed by atoms with Gasteiger partial charge in [0.05, 0.1) is 23.1 Å². The molecule has 1 rings (SSSR count). The number of methoxy groups -OCH3 is 1. The van der Waals surface area contributed by atoms with Crippen LogP contribution in [0.25, 0.3) is 0 Å². The average Bonchev–Trinajstić information content (AvgIpc) is 2.43. The number of rotatable bonds is 8. The summed E-state index contributed by atoms with van der Waals surface area (Å²) in [5.41, 5.74) is 0.320. The number of nitrogens with zero attached hydrogens (tertiary/aromatic N) is 1. The number of hydrogen-bond acceptors (Lipinski definition) is 5. The zero-order chi connectivity index (χ0) is 14.1. The van der Waals surface area contributed by atoms with E-state index in [9.17, 15) is 8.42 Å². The SMILES string of the molecule is COCCNCCNS(=O)(=O)c1cccc(C#N)c1. The Morgan fingerprint density at radius 1 is 1.32 bits per heavy atom. The second-order valence-electron chi connectivity index (χ2n) is 3.78. The number of nitrogens with one attached hydrogen (secondary N) is 2. The molecule has 0 aliphatic rings. The summed E-state index contributed by atoms with van der Waals surface area (Å²) < 4.78 is 31.1. The van der Waals surface area contributed by atoms with E-state index in [0.717, 1.165) is 0 Å². The number of sulfonamides is 1. The maximum atomic E-state index is 11.9. The van der Waals surface area contributed by atoms with Gasteiger partial charge in [0.1, 0.15) is 0 Å². The molecule has 6 nitrogen and oxygen atoms in total. The molecular formula is C12H17N3O3S. The van der Waals surface area contributed by atoms with Crippen LogP contribution in [-0.2, 0) is 14.8 Å². The van der Waals surface area contributed by atoms with Crippen molar-refractivity contribution in [2.75, 3.05) is 33.4 Å². The van der Waals surface area contributed by atoms with Gasteiger partial charge in [-0.2, -0.15) is 5.26 Å². The van der Waals surface area contributed by atoms with E-state index < -0.39 is 10.0 Å². The second kappa shape index (κ2) is 7.86. The molecule has 0 spiro atoms. The summed E-state index contributed by atoms with van der Waals surface area (Å²) >= 11 is 0. The van der Waals surface area contributed by atoms with Crippen molar-refractivity contribution in [2.24, 2.45) is 0 Å². The smallest absolute Gasteiger partial charge is 0.240 e. The van der Waals surface area contributed by atoms with Crippen molar-refractivity contribution in [1.82, 2.24) is 10.0 Å². The lowest BCUT2D eigenvalue weighted by molar-refractivity contribution is 0.199. The summed E-state index contributed by atoms with van der Waals surface area (Å²) in [5, 5.41) is 11.8. The highest BCUT2D eigenvalue weighted by molar-refractivity contribution is 7.89. The van der Waals surface area contributed by atoms with Gasteiger partial charge in [0.2, 0.25) is 10.0 Å². The molecule has 0 aromatic heterocycles. The van der Waals surface area contributed by atoms with E-state index in [1.165, 1.54) is 12.1 Å². The summed E-state index contributed by atoms with van der Waals surface area (Å²) in [6.07, 6.45) is 0. The first kappa shape index (κ1) is 15.6. The molecule has 0 aliphatic carbocycles. The highest BCUT2D eigenvalue weighted by Crippen LogP contribution is 2.10. The zero-order valence-electron chi connectivity index (χ0n) is 10.7. The predicted octanol–water partition coefficient (Wildman–Crippen LogP) is 0.0726. The Bertz CT molecular complexity index is 537. The molecule has 19 heavy (non-hydrogen) atoms. The lowest BCUT2D eigenvalue weighted by Crippen LogP contribution is -2.33. The van der Waals surface area contributed by atoms with Crippen molar-refractivity contribution in [3.05, 3.63) is 29.8 Å². The molecule has 0 fully saturated rings. The van der Waals surface area contributed by atoms with Crippen LogP contribution >= 0.6 is 0 Å². The molecule has 104 valence electrons. The molecule has 0 radical (unpaired) electrons. The van der Waals surface area contributed by atoms with Gasteiger partial charge in [0.15, 0.2) is 0 Å². The van der Waals surface area contributed by atoms with E-state index in [-0.39, 0.29) is 11.4 Å². The summed E-state index contributed by atoms with van der Waals surface area (Å²) in [6.45, 7) is 2.04. The Kier molecular flexibility index (Phi) is 6.45. The third-order valence-electron chi connectivity index (χ3n) is 2.35. The molecule has 0 unspecified atom stereocenters. The highest BCUT2D eigenvalue weighted by Gasteiger charge is 2.13. The van der Waals surface area contributed by atoms with E-state index in [1.807, 2.05) is 6.07 Å². The number of benzene rings is 1. The maximum absolute atomic E-state index is 11.9. The Morgan fingerprint density at radius 3 is 2.79 bits per heavy atom. The molecular weight excluding hydrogens is 266 g/mol. The third kappa shape index (κ3) is 5.36. The molecule has 0 saturated heterocycles. The van der Waals surface area contributed by atoms with Crippen LogP contribution in [0.3, 0.4) is 0 Å². The van der Waals surface area contributed by atoms with Gasteiger partial charge in [-0.05, 0) is 18.2 Å². The summed E-state index contributed by atoms with van der Waals surface area (Å²) in [7, 11) is -1.95. The molecule has 1 aromatic rings. The molecule has 1 aromatic carbocycles. The van der Waals surface area contributed by atoms with Crippen LogP contribution in [0.2, 0.25) is 0 Å². The van der Waals surface area contributed by atoms with Gasteiger partial charge in [0.25, 0.3) is 0 Å². The summed E-state index contributed by atoms with van der Waals surface area (Å²) in [5.74, 6) is 0. The Labute approximate surface area is 113 Å². The fourth-order valence-corrected chi connectivity index (χ4v) is 2.47. The van der Waals surface area contributed by atoms with Crippen LogP contribution in [0.15, 0.2) is 29.2 Å². The van der Waals surface area contributed by atoms with E-state index in [2.05, 4.69) is 10.0 Å². The first-order valence-electron chi connectivity index (χ1n) is 5.79. The number of nitriles is 1. The summed E-state index contributed by atoms with van der Waals surface area (Å²) in [4.78, 5) is 0.100. The van der Waals surface area contributed by atoms with Crippen molar-refractivity contribution in [2.45, 2.75) is 4.90 Å². The molecule has 0 bridgehead atoms. The standard InChI is InChI=1S/C12H17N3O3S/c1-18-8-7-14-5-6-15-19(16,17)12-4-2-3-11(9-12)10-13/h2-4,9,14-15H,5-8H2,1H3. The molecule has 0 amide bonds. The second-order valence-corrected chi connectivity index (χ2v) is 5.55. The third-order valence-corrected chi connectivity index (χ3v) is 3.81. The van der Waals surface area contributed by atoms with Crippen LogP contribution in [0.4, 0.5) is 0 Å². The number of ether oxygens (including phenoxy) is 1. The van der Waals surface area contributed by atoms with Crippen LogP contribution in [0.1, 0.15) is 5.56 Å². The topological polar surface area (TPSA) is 91.2 Å². The molecule has 0 aliphatic heterocycles. The lowest BCUT2D eigenvalue weighted by atomic mass is 10.2. The zero-order valence-corrected chi connectivity index (χ0v) is 11.5. The first-order valence-corrected chi connectivity index (χ1v) is 7.28. The Hall–Kier alpha value is -1.46. The van der Waals surface area contributed by atoms with Crippen molar-refractivity contribution in [3.63, 3.8) is 0 Å². The van der Waals surface area contributed by atoms with E-state index in [4.69, 9.17) is 10.00 Å². The fraction of sp³-hybridized carbons (Fsp3) is 0.417. The minimum Gasteiger partial charge on any atom is -0.383 e. The van der Waals surface area contributed by atoms with E-state index in [0.29, 0.717) is 25.3 Å². The van der Waals surface area contributed by atoms with Gasteiger partial charge in [-0.15, -0.1) is 0 Å². The van der Waals surface area contributed by atoms with Crippen LogP contribution in [0, 0.1) is 11.3 Å². The molecule has 0 saturated carbocycles. The predicted molar refractivity (Wildman–Crippen MR) is 71.1 cm³/mol. The maximum Gasteiger partial charge on any atom is 0.240 e. The van der Waals surface area contributed by atoms with Crippen LogP contribution in [-0.4, -0.2) is 41.8 Å². The van der Waals surface area contributed by atoms with Gasteiger partial charge in [0, 0.05) is 26.7 Å². The average molecular weight is 283 g/mol. The minimum atomic E-state index is -3.56. The fourth-order valence-electron chi connectivity index (χ4n) is 1.39. The first-order chi connectivity index (χ1) is 9.10. The van der Waals surface area contributed by atoms with Gasteiger partial charge < -0.3 is 10.1 Å². The van der Waals surface area contributed by atoms with Gasteiger partial charge >= 0.3 is 0 Å². The van der Waals surface area contributed by atoms with Crippen molar-refractivity contribution in [3.8, 4) is 6.07 Å².